The van der Waals surface area contributed by atoms with E-state index in [4.69, 9.17) is 9.52 Å². The molecular weight excluding hydrogens is 260 g/mol. The highest BCUT2D eigenvalue weighted by Gasteiger charge is 2.39. The molecule has 1 aromatic heterocycles. The summed E-state index contributed by atoms with van der Waals surface area (Å²) < 4.78 is 5.21. The average Bonchev–Trinajstić information content (AvgIpc) is 2.85. The van der Waals surface area contributed by atoms with Crippen LogP contribution in [0.3, 0.4) is 0 Å². The lowest BCUT2D eigenvalue weighted by molar-refractivity contribution is -0.141. The second kappa shape index (κ2) is 5.98. The van der Waals surface area contributed by atoms with Crippen molar-refractivity contribution in [3.05, 3.63) is 24.2 Å². The molecule has 0 radical (unpaired) electrons. The van der Waals surface area contributed by atoms with Crippen LogP contribution in [0.1, 0.15) is 44.4 Å². The zero-order valence-electron chi connectivity index (χ0n) is 11.5. The summed E-state index contributed by atoms with van der Waals surface area (Å²) in [5, 5.41) is 14.4. The van der Waals surface area contributed by atoms with Crippen molar-refractivity contribution < 1.29 is 19.1 Å². The van der Waals surface area contributed by atoms with Gasteiger partial charge in [0.25, 0.3) is 0 Å². The number of amides is 2. The van der Waals surface area contributed by atoms with Crippen LogP contribution in [0, 0.1) is 5.41 Å². The molecule has 2 rings (SSSR count). The summed E-state index contributed by atoms with van der Waals surface area (Å²) in [5.41, 5.74) is -0.267. The fraction of sp³-hybridized carbons (Fsp3) is 0.571. The number of rotatable bonds is 6. The summed E-state index contributed by atoms with van der Waals surface area (Å²) in [6.07, 6.45) is 4.41. The zero-order chi connectivity index (χ0) is 14.6. The summed E-state index contributed by atoms with van der Waals surface area (Å²) in [5.74, 6) is -0.125. The first kappa shape index (κ1) is 14.4. The Morgan fingerprint density at radius 1 is 1.50 bits per heavy atom. The van der Waals surface area contributed by atoms with E-state index in [-0.39, 0.29) is 23.9 Å². The van der Waals surface area contributed by atoms with Crippen LogP contribution in [0.15, 0.2) is 22.8 Å². The molecule has 0 saturated heterocycles. The van der Waals surface area contributed by atoms with Crippen molar-refractivity contribution in [2.75, 3.05) is 6.54 Å². The van der Waals surface area contributed by atoms with E-state index in [2.05, 4.69) is 10.6 Å². The normalized spacial score (nSPS) is 17.9. The third kappa shape index (κ3) is 3.53. The molecule has 1 fully saturated rings. The molecule has 0 spiro atoms. The molecule has 6 heteroatoms. The van der Waals surface area contributed by atoms with Gasteiger partial charge in [-0.25, -0.2) is 4.79 Å². The van der Waals surface area contributed by atoms with Gasteiger partial charge in [-0.15, -0.1) is 0 Å². The molecule has 20 heavy (non-hydrogen) atoms. The highest BCUT2D eigenvalue weighted by Crippen LogP contribution is 2.43. The number of hydrogen-bond acceptors (Lipinski definition) is 3. The minimum Gasteiger partial charge on any atom is -0.481 e. The zero-order valence-corrected chi connectivity index (χ0v) is 11.5. The van der Waals surface area contributed by atoms with Gasteiger partial charge >= 0.3 is 12.0 Å². The van der Waals surface area contributed by atoms with E-state index >= 15 is 0 Å². The number of hydrogen-bond donors (Lipinski definition) is 3. The van der Waals surface area contributed by atoms with Crippen molar-refractivity contribution in [2.45, 2.75) is 38.6 Å². The van der Waals surface area contributed by atoms with Crippen LogP contribution in [0.2, 0.25) is 0 Å². The van der Waals surface area contributed by atoms with Gasteiger partial charge in [0.2, 0.25) is 0 Å². The number of carboxylic acid groups (broad SMARTS) is 1. The van der Waals surface area contributed by atoms with Crippen molar-refractivity contribution in [2.24, 2.45) is 5.41 Å². The van der Waals surface area contributed by atoms with Crippen molar-refractivity contribution >= 4 is 12.0 Å². The fourth-order valence-corrected chi connectivity index (χ4v) is 2.54. The van der Waals surface area contributed by atoms with Crippen LogP contribution in [-0.2, 0) is 4.79 Å². The van der Waals surface area contributed by atoms with E-state index in [9.17, 15) is 9.59 Å². The Kier molecular flexibility index (Phi) is 4.32. The van der Waals surface area contributed by atoms with Crippen LogP contribution in [0.4, 0.5) is 4.79 Å². The maximum Gasteiger partial charge on any atom is 0.315 e. The molecule has 1 unspecified atom stereocenters. The SMILES string of the molecule is CC(NC(=O)NCC1(CC(=O)O)CCC1)c1ccco1. The number of urea groups is 1. The van der Waals surface area contributed by atoms with Crippen molar-refractivity contribution in [3.63, 3.8) is 0 Å². The maximum atomic E-state index is 11.8. The van der Waals surface area contributed by atoms with Gasteiger partial charge in [-0.3, -0.25) is 4.79 Å². The molecule has 6 nitrogen and oxygen atoms in total. The summed E-state index contributed by atoms with van der Waals surface area (Å²) in [4.78, 5) is 22.7. The first-order valence-corrected chi connectivity index (χ1v) is 6.80. The lowest BCUT2D eigenvalue weighted by Crippen LogP contribution is -2.47. The molecule has 0 aromatic carbocycles. The van der Waals surface area contributed by atoms with Crippen LogP contribution >= 0.6 is 0 Å². The number of nitrogens with one attached hydrogen (secondary N) is 2. The molecule has 1 heterocycles. The van der Waals surface area contributed by atoms with Gasteiger partial charge < -0.3 is 20.2 Å². The fourth-order valence-electron chi connectivity index (χ4n) is 2.54. The van der Waals surface area contributed by atoms with Crippen molar-refractivity contribution in [1.82, 2.24) is 10.6 Å². The molecule has 0 aliphatic heterocycles. The number of furan rings is 1. The number of carboxylic acids is 1. The van der Waals surface area contributed by atoms with Crippen molar-refractivity contribution in [3.8, 4) is 0 Å². The Morgan fingerprint density at radius 2 is 2.25 bits per heavy atom. The van der Waals surface area contributed by atoms with E-state index in [0.29, 0.717) is 12.3 Å². The quantitative estimate of drug-likeness (QED) is 0.745. The van der Waals surface area contributed by atoms with Gasteiger partial charge in [0.15, 0.2) is 0 Å². The summed E-state index contributed by atoms with van der Waals surface area (Å²) in [6.45, 7) is 2.23. The Morgan fingerprint density at radius 3 is 2.75 bits per heavy atom. The van der Waals surface area contributed by atoms with Gasteiger partial charge in [0.05, 0.1) is 18.7 Å². The van der Waals surface area contributed by atoms with Crippen molar-refractivity contribution in [1.29, 1.82) is 0 Å². The van der Waals surface area contributed by atoms with Crippen LogP contribution < -0.4 is 10.6 Å². The highest BCUT2D eigenvalue weighted by molar-refractivity contribution is 5.74. The molecule has 1 aliphatic rings. The Labute approximate surface area is 117 Å². The molecule has 110 valence electrons. The number of carbonyl (C=O) groups excluding carboxylic acids is 1. The molecule has 0 bridgehead atoms. The molecule has 1 atom stereocenters. The third-order valence-electron chi connectivity index (χ3n) is 3.88. The molecule has 2 amide bonds. The summed E-state index contributed by atoms with van der Waals surface area (Å²) in [6, 6.07) is 3.04. The number of aliphatic carboxylic acids is 1. The molecule has 1 saturated carbocycles. The second-order valence-corrected chi connectivity index (χ2v) is 5.49. The Balaban J connectivity index is 1.78. The van der Waals surface area contributed by atoms with Gasteiger partial charge in [-0.1, -0.05) is 6.42 Å². The predicted octanol–water partition coefficient (Wildman–Crippen LogP) is 2.28. The minimum absolute atomic E-state index is 0.112. The minimum atomic E-state index is -0.809. The van der Waals surface area contributed by atoms with Gasteiger partial charge in [0, 0.05) is 6.54 Å². The molecule has 3 N–H and O–H groups in total. The molecule has 1 aromatic rings. The third-order valence-corrected chi connectivity index (χ3v) is 3.88. The van der Waals surface area contributed by atoms with Crippen LogP contribution in [-0.4, -0.2) is 23.7 Å². The van der Waals surface area contributed by atoms with Crippen LogP contribution in [0.25, 0.3) is 0 Å². The van der Waals surface area contributed by atoms with Gasteiger partial charge in [-0.2, -0.15) is 0 Å². The summed E-state index contributed by atoms with van der Waals surface area (Å²) in [7, 11) is 0. The van der Waals surface area contributed by atoms with Gasteiger partial charge in [0.1, 0.15) is 5.76 Å². The smallest absolute Gasteiger partial charge is 0.315 e. The average molecular weight is 280 g/mol. The van der Waals surface area contributed by atoms with E-state index in [1.807, 2.05) is 6.92 Å². The maximum absolute atomic E-state index is 11.8. The lowest BCUT2D eigenvalue weighted by atomic mass is 9.66. The van der Waals surface area contributed by atoms with E-state index in [0.717, 1.165) is 19.3 Å². The molecular formula is C14H20N2O4. The van der Waals surface area contributed by atoms with E-state index < -0.39 is 5.97 Å². The largest absolute Gasteiger partial charge is 0.481 e. The Bertz CT molecular complexity index is 466. The predicted molar refractivity (Wildman–Crippen MR) is 72.2 cm³/mol. The second-order valence-electron chi connectivity index (χ2n) is 5.49. The topological polar surface area (TPSA) is 91.6 Å². The van der Waals surface area contributed by atoms with E-state index in [1.54, 1.807) is 18.4 Å². The summed E-state index contributed by atoms with van der Waals surface area (Å²) >= 11 is 0. The highest BCUT2D eigenvalue weighted by atomic mass is 16.4. The number of carbonyl (C=O) groups is 2. The van der Waals surface area contributed by atoms with E-state index in [1.165, 1.54) is 0 Å². The standard InChI is InChI=1S/C14H20N2O4/c1-10(11-4-2-7-20-11)16-13(19)15-9-14(5-3-6-14)8-12(17)18/h2,4,7,10H,3,5-6,8-9H2,1H3,(H,17,18)(H2,15,16,19). The van der Waals surface area contributed by atoms with Gasteiger partial charge in [-0.05, 0) is 37.3 Å². The molecule has 1 aliphatic carbocycles. The monoisotopic (exact) mass is 280 g/mol. The first-order valence-electron chi connectivity index (χ1n) is 6.80. The van der Waals surface area contributed by atoms with Crippen LogP contribution in [0.5, 0.6) is 0 Å². The lowest BCUT2D eigenvalue weighted by Gasteiger charge is -2.40. The first-order chi connectivity index (χ1) is 9.51. The Hall–Kier alpha value is -1.98.